The number of nitrogens with one attached hydrogen (secondary N) is 2. The number of hydrogen-bond donors (Lipinski definition) is 3. The molecule has 1 unspecified atom stereocenters. The second kappa shape index (κ2) is 10.3. The topological polar surface area (TPSA) is 70.6 Å². The zero-order valence-corrected chi connectivity index (χ0v) is 17.6. The normalized spacial score (nSPS) is 12.0. The van der Waals surface area contributed by atoms with Gasteiger partial charge in [-0.25, -0.2) is 18.7 Å². The molecular weight excluding hydrogens is 512 g/mol. The fourth-order valence-electron chi connectivity index (χ4n) is 2.19. The number of amides is 1. The third kappa shape index (κ3) is 5.72. The monoisotopic (exact) mass is 528 g/mol. The molecule has 0 saturated heterocycles. The predicted molar refractivity (Wildman–Crippen MR) is 108 cm³/mol. The predicted octanol–water partition coefficient (Wildman–Crippen LogP) is 4.93. The minimum atomic E-state index is -1.43. The minimum Gasteiger partial charge on any atom is -0.393 e. The first-order valence-electron chi connectivity index (χ1n) is 8.24. The number of hydroxylamine groups is 1. The van der Waals surface area contributed by atoms with E-state index in [9.17, 15) is 23.1 Å². The summed E-state index contributed by atoms with van der Waals surface area (Å²) in [6.45, 7) is 1.79. The number of halogens is 5. The highest BCUT2D eigenvalue weighted by Crippen LogP contribution is 2.32. The van der Waals surface area contributed by atoms with Crippen molar-refractivity contribution >= 4 is 51.5 Å². The Morgan fingerprint density at radius 2 is 2.00 bits per heavy atom. The Morgan fingerprint density at radius 3 is 2.64 bits per heavy atom. The van der Waals surface area contributed by atoms with Gasteiger partial charge in [-0.05, 0) is 59.7 Å². The van der Waals surface area contributed by atoms with Crippen LogP contribution in [0.5, 0.6) is 0 Å². The first-order chi connectivity index (χ1) is 13.2. The zero-order valence-electron chi connectivity index (χ0n) is 14.7. The van der Waals surface area contributed by atoms with Gasteiger partial charge in [0.2, 0.25) is 0 Å². The smallest absolute Gasteiger partial charge is 0.277 e. The molecule has 1 amide bonds. The highest BCUT2D eigenvalue weighted by Gasteiger charge is 2.23. The van der Waals surface area contributed by atoms with Crippen LogP contribution in [-0.2, 0) is 4.84 Å². The van der Waals surface area contributed by atoms with Crippen molar-refractivity contribution < 1.29 is 27.9 Å². The molecule has 28 heavy (non-hydrogen) atoms. The van der Waals surface area contributed by atoms with E-state index in [1.54, 1.807) is 13.0 Å². The van der Waals surface area contributed by atoms with E-state index < -0.39 is 40.2 Å². The maximum atomic E-state index is 14.4. The van der Waals surface area contributed by atoms with Crippen molar-refractivity contribution in [3.8, 4) is 0 Å². The maximum absolute atomic E-state index is 14.4. The summed E-state index contributed by atoms with van der Waals surface area (Å²) in [5, 5.41) is 11.2. The number of rotatable bonds is 8. The average molecular weight is 529 g/mol. The summed E-state index contributed by atoms with van der Waals surface area (Å²) in [7, 11) is 0. The van der Waals surface area contributed by atoms with E-state index in [-0.39, 0.29) is 24.3 Å². The van der Waals surface area contributed by atoms with Crippen LogP contribution in [-0.4, -0.2) is 23.7 Å². The Labute approximate surface area is 178 Å². The van der Waals surface area contributed by atoms with Crippen molar-refractivity contribution in [1.82, 2.24) is 5.48 Å². The quantitative estimate of drug-likeness (QED) is 0.197. The molecule has 0 saturated carbocycles. The van der Waals surface area contributed by atoms with E-state index in [1.165, 1.54) is 12.1 Å². The van der Waals surface area contributed by atoms with E-state index in [2.05, 4.69) is 10.8 Å². The zero-order chi connectivity index (χ0) is 20.8. The second-order valence-electron chi connectivity index (χ2n) is 5.79. The number of aliphatic hydroxyl groups excluding tert-OH is 1. The molecule has 0 fully saturated rings. The molecule has 2 aromatic rings. The Balaban J connectivity index is 2.26. The van der Waals surface area contributed by atoms with Crippen LogP contribution in [0, 0.1) is 21.0 Å². The standard InChI is InChI=1S/C18H17ClF3IN2O3/c1-2-10(26)5-6-28-25-18(27)11-8-12(19)15(21)16(22)17(11)24-14-4-3-9(23)7-13(14)20/h3-4,7-8,10,24,26H,2,5-6H2,1H3,(H,25,27). The molecule has 0 bridgehead atoms. The highest BCUT2D eigenvalue weighted by atomic mass is 127. The number of aliphatic hydroxyl groups is 1. The molecule has 0 aliphatic carbocycles. The summed E-state index contributed by atoms with van der Waals surface area (Å²) in [5.41, 5.74) is 0.955. The van der Waals surface area contributed by atoms with E-state index in [1.807, 2.05) is 22.6 Å². The van der Waals surface area contributed by atoms with E-state index >= 15 is 0 Å². The second-order valence-corrected chi connectivity index (χ2v) is 7.44. The molecule has 2 rings (SSSR count). The number of carbonyl (C=O) groups excluding carboxylic acids is 1. The Hall–Kier alpha value is -1.56. The number of benzene rings is 2. The van der Waals surface area contributed by atoms with Gasteiger partial charge in [-0.3, -0.25) is 9.63 Å². The van der Waals surface area contributed by atoms with Gasteiger partial charge in [0, 0.05) is 3.57 Å². The van der Waals surface area contributed by atoms with Gasteiger partial charge in [0.1, 0.15) is 5.82 Å². The first kappa shape index (κ1) is 22.7. The van der Waals surface area contributed by atoms with Gasteiger partial charge in [0.15, 0.2) is 11.6 Å². The lowest BCUT2D eigenvalue weighted by atomic mass is 10.1. The first-order valence-corrected chi connectivity index (χ1v) is 9.70. The van der Waals surface area contributed by atoms with Crippen LogP contribution in [0.2, 0.25) is 5.02 Å². The van der Waals surface area contributed by atoms with Crippen LogP contribution < -0.4 is 10.8 Å². The molecule has 0 spiro atoms. The number of anilines is 2. The van der Waals surface area contributed by atoms with Crippen LogP contribution in [0.1, 0.15) is 30.1 Å². The van der Waals surface area contributed by atoms with Gasteiger partial charge >= 0.3 is 0 Å². The highest BCUT2D eigenvalue weighted by molar-refractivity contribution is 14.1. The third-order valence-electron chi connectivity index (χ3n) is 3.79. The SMILES string of the molecule is CCC(O)CCONC(=O)c1cc(Cl)c(F)c(F)c1Nc1ccc(I)cc1F. The summed E-state index contributed by atoms with van der Waals surface area (Å²) in [4.78, 5) is 17.3. The number of carbonyl (C=O) groups is 1. The fraction of sp³-hybridized carbons (Fsp3) is 0.278. The van der Waals surface area contributed by atoms with Crippen LogP contribution in [0.4, 0.5) is 24.5 Å². The Morgan fingerprint density at radius 1 is 1.29 bits per heavy atom. The molecule has 0 aliphatic heterocycles. The van der Waals surface area contributed by atoms with Crippen LogP contribution in [0.25, 0.3) is 0 Å². The molecule has 2 aromatic carbocycles. The third-order valence-corrected chi connectivity index (χ3v) is 4.73. The lowest BCUT2D eigenvalue weighted by Crippen LogP contribution is -2.26. The van der Waals surface area contributed by atoms with E-state index in [0.717, 1.165) is 6.07 Å². The largest absolute Gasteiger partial charge is 0.393 e. The van der Waals surface area contributed by atoms with Crippen molar-refractivity contribution in [2.45, 2.75) is 25.9 Å². The Bertz CT molecular complexity index is 870. The number of hydrogen-bond acceptors (Lipinski definition) is 4. The van der Waals surface area contributed by atoms with Crippen molar-refractivity contribution in [1.29, 1.82) is 0 Å². The molecule has 3 N–H and O–H groups in total. The minimum absolute atomic E-state index is 0.00661. The molecule has 0 aliphatic rings. The van der Waals surface area contributed by atoms with Crippen molar-refractivity contribution in [2.24, 2.45) is 0 Å². The molecule has 152 valence electrons. The maximum Gasteiger partial charge on any atom is 0.277 e. The van der Waals surface area contributed by atoms with Crippen LogP contribution in [0.15, 0.2) is 24.3 Å². The molecule has 0 radical (unpaired) electrons. The molecule has 0 heterocycles. The molecular formula is C18H17ClF3IN2O3. The van der Waals surface area contributed by atoms with Crippen molar-refractivity contribution in [3.05, 3.63) is 55.9 Å². The summed E-state index contributed by atoms with van der Waals surface area (Å²) in [6, 6.07) is 4.98. The Kier molecular flexibility index (Phi) is 8.35. The van der Waals surface area contributed by atoms with E-state index in [0.29, 0.717) is 9.99 Å². The summed E-state index contributed by atoms with van der Waals surface area (Å²) >= 11 is 7.54. The summed E-state index contributed by atoms with van der Waals surface area (Å²) in [6.07, 6.45) is 0.204. The van der Waals surface area contributed by atoms with Gasteiger partial charge in [-0.15, -0.1) is 0 Å². The molecule has 10 heteroatoms. The lowest BCUT2D eigenvalue weighted by molar-refractivity contribution is 0.0161. The van der Waals surface area contributed by atoms with Gasteiger partial charge in [0.25, 0.3) is 5.91 Å². The molecule has 5 nitrogen and oxygen atoms in total. The molecule has 1 atom stereocenters. The van der Waals surface area contributed by atoms with Gasteiger partial charge in [-0.2, -0.15) is 0 Å². The van der Waals surface area contributed by atoms with Gasteiger partial charge < -0.3 is 10.4 Å². The van der Waals surface area contributed by atoms with E-state index in [4.69, 9.17) is 16.4 Å². The van der Waals surface area contributed by atoms with Crippen LogP contribution >= 0.6 is 34.2 Å². The fourth-order valence-corrected chi connectivity index (χ4v) is 2.84. The van der Waals surface area contributed by atoms with Crippen molar-refractivity contribution in [3.63, 3.8) is 0 Å². The van der Waals surface area contributed by atoms with Crippen LogP contribution in [0.3, 0.4) is 0 Å². The summed E-state index contributed by atoms with van der Waals surface area (Å²) in [5.74, 6) is -4.44. The van der Waals surface area contributed by atoms with Crippen molar-refractivity contribution in [2.75, 3.05) is 11.9 Å². The lowest BCUT2D eigenvalue weighted by Gasteiger charge is -2.15. The van der Waals surface area contributed by atoms with Gasteiger partial charge in [-0.1, -0.05) is 18.5 Å². The van der Waals surface area contributed by atoms with Gasteiger partial charge in [0.05, 0.1) is 34.7 Å². The molecule has 0 aromatic heterocycles. The average Bonchev–Trinajstić information content (AvgIpc) is 2.66. The summed E-state index contributed by atoms with van der Waals surface area (Å²) < 4.78 is 43.0.